The van der Waals surface area contributed by atoms with Crippen LogP contribution in [0, 0.1) is 17.8 Å². The van der Waals surface area contributed by atoms with Gasteiger partial charge in [-0.25, -0.2) is 8.42 Å². The number of rotatable bonds is 2. The SMILES string of the molecule is CC1CC(C)C(CN2CCS(=O)(=O)CC2)C(O)C1. The number of hydrogen-bond donors (Lipinski definition) is 1. The molecular weight excluding hydrogens is 250 g/mol. The molecule has 0 amide bonds. The van der Waals surface area contributed by atoms with Gasteiger partial charge in [-0.1, -0.05) is 13.8 Å². The molecule has 1 saturated carbocycles. The number of nitrogens with zero attached hydrogens (tertiary/aromatic N) is 1. The van der Waals surface area contributed by atoms with Crippen LogP contribution in [0.25, 0.3) is 0 Å². The van der Waals surface area contributed by atoms with Gasteiger partial charge in [0.1, 0.15) is 0 Å². The van der Waals surface area contributed by atoms with Crippen LogP contribution in [0.2, 0.25) is 0 Å². The van der Waals surface area contributed by atoms with Gasteiger partial charge in [0.15, 0.2) is 9.84 Å². The monoisotopic (exact) mass is 275 g/mol. The van der Waals surface area contributed by atoms with E-state index in [2.05, 4.69) is 18.7 Å². The molecule has 4 nitrogen and oxygen atoms in total. The van der Waals surface area contributed by atoms with Crippen molar-refractivity contribution in [1.29, 1.82) is 0 Å². The molecule has 2 aliphatic rings. The molecule has 0 aromatic rings. The number of aliphatic hydroxyl groups excluding tert-OH is 1. The Morgan fingerprint density at radius 3 is 2.33 bits per heavy atom. The first-order valence-corrected chi connectivity index (χ1v) is 8.80. The van der Waals surface area contributed by atoms with Crippen LogP contribution in [0.15, 0.2) is 0 Å². The molecule has 0 aromatic carbocycles. The summed E-state index contributed by atoms with van der Waals surface area (Å²) in [6, 6.07) is 0. The zero-order valence-electron chi connectivity index (χ0n) is 11.4. The van der Waals surface area contributed by atoms with Crippen LogP contribution in [-0.4, -0.2) is 55.7 Å². The van der Waals surface area contributed by atoms with E-state index in [1.807, 2.05) is 0 Å². The van der Waals surface area contributed by atoms with Crippen molar-refractivity contribution >= 4 is 9.84 Å². The highest BCUT2D eigenvalue weighted by Gasteiger charge is 2.34. The Bertz CT molecular complexity index is 356. The molecule has 1 aliphatic heterocycles. The van der Waals surface area contributed by atoms with Crippen molar-refractivity contribution in [1.82, 2.24) is 4.90 Å². The minimum absolute atomic E-state index is 0.220. The van der Waals surface area contributed by atoms with Crippen LogP contribution < -0.4 is 0 Å². The highest BCUT2D eigenvalue weighted by molar-refractivity contribution is 7.91. The van der Waals surface area contributed by atoms with Gasteiger partial charge in [0.05, 0.1) is 17.6 Å². The van der Waals surface area contributed by atoms with E-state index in [1.165, 1.54) is 6.42 Å². The van der Waals surface area contributed by atoms with Crippen molar-refractivity contribution in [2.75, 3.05) is 31.1 Å². The molecular formula is C13H25NO3S. The van der Waals surface area contributed by atoms with Crippen LogP contribution in [0.4, 0.5) is 0 Å². The Kier molecular flexibility index (Phi) is 4.34. The Labute approximate surface area is 110 Å². The predicted molar refractivity (Wildman–Crippen MR) is 72.2 cm³/mol. The van der Waals surface area contributed by atoms with Gasteiger partial charge >= 0.3 is 0 Å². The zero-order valence-corrected chi connectivity index (χ0v) is 12.2. The average molecular weight is 275 g/mol. The Morgan fingerprint density at radius 2 is 1.78 bits per heavy atom. The maximum Gasteiger partial charge on any atom is 0.152 e. The summed E-state index contributed by atoms with van der Waals surface area (Å²) in [5.41, 5.74) is 0. The van der Waals surface area contributed by atoms with E-state index in [0.717, 1.165) is 13.0 Å². The standard InChI is InChI=1S/C13H25NO3S/c1-10-7-11(2)12(13(15)8-10)9-14-3-5-18(16,17)6-4-14/h10-13,15H,3-9H2,1-2H3. The first-order chi connectivity index (χ1) is 8.37. The second kappa shape index (κ2) is 5.47. The van der Waals surface area contributed by atoms with Gasteiger partial charge in [-0.3, -0.25) is 0 Å². The van der Waals surface area contributed by atoms with Gasteiger partial charge in [-0.15, -0.1) is 0 Å². The molecule has 1 heterocycles. The van der Waals surface area contributed by atoms with E-state index >= 15 is 0 Å². The van der Waals surface area contributed by atoms with Crippen molar-refractivity contribution in [3.63, 3.8) is 0 Å². The molecule has 1 saturated heterocycles. The fourth-order valence-electron chi connectivity index (χ4n) is 3.40. The lowest BCUT2D eigenvalue weighted by Crippen LogP contribution is -2.47. The van der Waals surface area contributed by atoms with Gasteiger partial charge < -0.3 is 10.0 Å². The summed E-state index contributed by atoms with van der Waals surface area (Å²) in [6.45, 7) is 6.53. The Morgan fingerprint density at radius 1 is 1.17 bits per heavy atom. The van der Waals surface area contributed by atoms with Crippen LogP contribution in [0.3, 0.4) is 0 Å². The lowest BCUT2D eigenvalue weighted by Gasteiger charge is -2.40. The van der Waals surface area contributed by atoms with E-state index in [9.17, 15) is 13.5 Å². The van der Waals surface area contributed by atoms with Crippen molar-refractivity contribution in [2.45, 2.75) is 32.8 Å². The summed E-state index contributed by atoms with van der Waals surface area (Å²) in [5, 5.41) is 10.2. The normalized spacial score (nSPS) is 41.7. The van der Waals surface area contributed by atoms with Gasteiger partial charge in [0, 0.05) is 25.6 Å². The molecule has 0 bridgehead atoms. The average Bonchev–Trinajstić information content (AvgIpc) is 2.25. The second-order valence-corrected chi connectivity index (χ2v) is 8.54. The lowest BCUT2D eigenvalue weighted by atomic mass is 9.73. The molecule has 2 fully saturated rings. The molecule has 4 unspecified atom stereocenters. The number of sulfone groups is 1. The van der Waals surface area contributed by atoms with Crippen LogP contribution >= 0.6 is 0 Å². The van der Waals surface area contributed by atoms with E-state index in [-0.39, 0.29) is 17.6 Å². The Hall–Kier alpha value is -0.130. The van der Waals surface area contributed by atoms with Crippen LogP contribution in [-0.2, 0) is 9.84 Å². The first-order valence-electron chi connectivity index (χ1n) is 6.98. The topological polar surface area (TPSA) is 57.6 Å². The molecule has 0 aromatic heterocycles. The van der Waals surface area contributed by atoms with Crippen molar-refractivity contribution in [3.05, 3.63) is 0 Å². The van der Waals surface area contributed by atoms with Gasteiger partial charge in [-0.2, -0.15) is 0 Å². The van der Waals surface area contributed by atoms with Gasteiger partial charge in [0.2, 0.25) is 0 Å². The van der Waals surface area contributed by atoms with Crippen molar-refractivity contribution in [2.24, 2.45) is 17.8 Å². The lowest BCUT2D eigenvalue weighted by molar-refractivity contribution is -0.000749. The third-order valence-corrected chi connectivity index (χ3v) is 6.16. The minimum atomic E-state index is -2.80. The molecule has 4 atom stereocenters. The van der Waals surface area contributed by atoms with Gasteiger partial charge in [-0.05, 0) is 24.7 Å². The number of hydrogen-bond acceptors (Lipinski definition) is 4. The largest absolute Gasteiger partial charge is 0.393 e. The predicted octanol–water partition coefficient (Wildman–Crippen LogP) is 0.760. The summed E-state index contributed by atoms with van der Waals surface area (Å²) in [7, 11) is -2.80. The molecule has 1 aliphatic carbocycles. The fraction of sp³-hybridized carbons (Fsp3) is 1.00. The second-order valence-electron chi connectivity index (χ2n) is 6.24. The van der Waals surface area contributed by atoms with Crippen molar-refractivity contribution < 1.29 is 13.5 Å². The molecule has 0 radical (unpaired) electrons. The van der Waals surface area contributed by atoms with E-state index in [1.54, 1.807) is 0 Å². The quantitative estimate of drug-likeness (QED) is 0.808. The van der Waals surface area contributed by atoms with E-state index in [4.69, 9.17) is 0 Å². The molecule has 1 N–H and O–H groups in total. The third-order valence-electron chi connectivity index (χ3n) is 4.55. The minimum Gasteiger partial charge on any atom is -0.393 e. The summed E-state index contributed by atoms with van der Waals surface area (Å²) in [5.74, 6) is 2.00. The fourth-order valence-corrected chi connectivity index (χ4v) is 4.68. The van der Waals surface area contributed by atoms with Crippen LogP contribution in [0.5, 0.6) is 0 Å². The molecule has 106 valence electrons. The maximum atomic E-state index is 11.4. The zero-order chi connectivity index (χ0) is 13.3. The third kappa shape index (κ3) is 3.45. The highest BCUT2D eigenvalue weighted by Crippen LogP contribution is 2.34. The van der Waals surface area contributed by atoms with Gasteiger partial charge in [0.25, 0.3) is 0 Å². The maximum absolute atomic E-state index is 11.4. The van der Waals surface area contributed by atoms with E-state index < -0.39 is 9.84 Å². The summed E-state index contributed by atoms with van der Waals surface area (Å²) >= 11 is 0. The van der Waals surface area contributed by atoms with E-state index in [0.29, 0.717) is 30.8 Å². The van der Waals surface area contributed by atoms with Crippen molar-refractivity contribution in [3.8, 4) is 0 Å². The smallest absolute Gasteiger partial charge is 0.152 e. The van der Waals surface area contributed by atoms with Crippen LogP contribution in [0.1, 0.15) is 26.7 Å². The summed E-state index contributed by atoms with van der Waals surface area (Å²) in [6.07, 6.45) is 1.84. The first kappa shape index (κ1) is 14.3. The highest BCUT2D eigenvalue weighted by atomic mass is 32.2. The molecule has 0 spiro atoms. The summed E-state index contributed by atoms with van der Waals surface area (Å²) in [4.78, 5) is 2.21. The Balaban J connectivity index is 1.89. The summed E-state index contributed by atoms with van der Waals surface area (Å²) < 4.78 is 22.8. The molecule has 2 rings (SSSR count). The number of aliphatic hydroxyl groups is 1. The molecule has 18 heavy (non-hydrogen) atoms. The molecule has 5 heteroatoms.